The van der Waals surface area contributed by atoms with E-state index >= 15 is 0 Å². The van der Waals surface area contributed by atoms with Gasteiger partial charge in [0.05, 0.1) is 11.3 Å². The Bertz CT molecular complexity index is 978. The van der Waals surface area contributed by atoms with Crippen LogP contribution in [0.15, 0.2) is 44.9 Å². The van der Waals surface area contributed by atoms with Crippen molar-refractivity contribution in [2.24, 2.45) is 0 Å². The highest BCUT2D eigenvalue weighted by Gasteiger charge is 2.21. The SMILES string of the molecule is CCCCNC(=O)c1ccccc1NS(=O)(=O)c1c[nH]c(=O)[nH]c1=O. The lowest BCUT2D eigenvalue weighted by Gasteiger charge is -2.12. The molecule has 0 aliphatic carbocycles. The molecule has 0 spiro atoms. The van der Waals surface area contributed by atoms with E-state index in [2.05, 4.69) is 15.0 Å². The molecule has 1 aromatic heterocycles. The van der Waals surface area contributed by atoms with Crippen molar-refractivity contribution >= 4 is 21.6 Å². The lowest BCUT2D eigenvalue weighted by molar-refractivity contribution is 0.0954. The average Bonchev–Trinajstić information content (AvgIpc) is 2.54. The number of anilines is 1. The molecule has 1 amide bonds. The van der Waals surface area contributed by atoms with Crippen molar-refractivity contribution < 1.29 is 13.2 Å². The number of benzene rings is 1. The van der Waals surface area contributed by atoms with Crippen LogP contribution in [0.5, 0.6) is 0 Å². The summed E-state index contributed by atoms with van der Waals surface area (Å²) >= 11 is 0. The molecular formula is C15H18N4O5S. The van der Waals surface area contributed by atoms with Crippen molar-refractivity contribution in [2.45, 2.75) is 24.7 Å². The minimum absolute atomic E-state index is 0.0297. The third-order valence-electron chi connectivity index (χ3n) is 3.31. The number of hydrogen-bond acceptors (Lipinski definition) is 5. The second-order valence-electron chi connectivity index (χ2n) is 5.20. The van der Waals surface area contributed by atoms with Crippen molar-refractivity contribution in [3.05, 3.63) is 56.9 Å². The molecular weight excluding hydrogens is 348 g/mol. The standard InChI is InChI=1S/C15H18N4O5S/c1-2-3-8-16-13(20)10-6-4-5-7-11(10)19-25(23,24)12-9-17-15(22)18-14(12)21/h4-7,9,19H,2-3,8H2,1H3,(H,16,20)(H2,17,18,21,22). The highest BCUT2D eigenvalue weighted by Crippen LogP contribution is 2.18. The smallest absolute Gasteiger partial charge is 0.325 e. The zero-order valence-corrected chi connectivity index (χ0v) is 14.3. The topological polar surface area (TPSA) is 141 Å². The average molecular weight is 366 g/mol. The van der Waals surface area contributed by atoms with Gasteiger partial charge in [-0.2, -0.15) is 0 Å². The highest BCUT2D eigenvalue weighted by atomic mass is 32.2. The van der Waals surface area contributed by atoms with Gasteiger partial charge in [-0.15, -0.1) is 0 Å². The second-order valence-corrected chi connectivity index (χ2v) is 6.85. The number of carbonyl (C=O) groups excluding carboxylic acids is 1. The van der Waals surface area contributed by atoms with Crippen LogP contribution in [0.4, 0.5) is 5.69 Å². The lowest BCUT2D eigenvalue weighted by Crippen LogP contribution is -2.30. The summed E-state index contributed by atoms with van der Waals surface area (Å²) in [5, 5.41) is 2.70. The molecule has 0 saturated carbocycles. The molecule has 1 aromatic carbocycles. The van der Waals surface area contributed by atoms with Crippen LogP contribution in [0.25, 0.3) is 0 Å². The Kier molecular flexibility index (Phi) is 5.75. The summed E-state index contributed by atoms with van der Waals surface area (Å²) in [5.74, 6) is -0.429. The first-order valence-electron chi connectivity index (χ1n) is 7.57. The molecule has 1 heterocycles. The quantitative estimate of drug-likeness (QED) is 0.525. The summed E-state index contributed by atoms with van der Waals surface area (Å²) in [7, 11) is -4.29. The molecule has 4 N–H and O–H groups in total. The number of aromatic nitrogens is 2. The summed E-state index contributed by atoms with van der Waals surface area (Å²) in [5.41, 5.74) is -1.72. The molecule has 2 rings (SSSR count). The van der Waals surface area contributed by atoms with Gasteiger partial charge >= 0.3 is 5.69 Å². The molecule has 0 unspecified atom stereocenters. The number of amides is 1. The number of rotatable bonds is 7. The summed E-state index contributed by atoms with van der Waals surface area (Å²) < 4.78 is 27.0. The summed E-state index contributed by atoms with van der Waals surface area (Å²) in [6.45, 7) is 2.45. The summed E-state index contributed by atoms with van der Waals surface area (Å²) in [6.07, 6.45) is 2.50. The first kappa shape index (κ1) is 18.5. The van der Waals surface area contributed by atoms with Gasteiger partial charge in [0.1, 0.15) is 0 Å². The van der Waals surface area contributed by atoms with Crippen LogP contribution in [-0.2, 0) is 10.0 Å². The third-order valence-corrected chi connectivity index (χ3v) is 4.68. The van der Waals surface area contributed by atoms with Crippen molar-refractivity contribution in [2.75, 3.05) is 11.3 Å². The van der Waals surface area contributed by atoms with Gasteiger partial charge in [0, 0.05) is 12.7 Å². The maximum Gasteiger partial charge on any atom is 0.325 e. The Morgan fingerprint density at radius 1 is 1.20 bits per heavy atom. The fourth-order valence-electron chi connectivity index (χ4n) is 2.04. The molecule has 9 nitrogen and oxygen atoms in total. The van der Waals surface area contributed by atoms with E-state index in [1.54, 1.807) is 12.1 Å². The normalized spacial score (nSPS) is 11.1. The molecule has 134 valence electrons. The maximum atomic E-state index is 12.4. The first-order valence-corrected chi connectivity index (χ1v) is 9.05. The van der Waals surface area contributed by atoms with Gasteiger partial charge in [-0.25, -0.2) is 13.2 Å². The zero-order chi connectivity index (χ0) is 18.4. The number of H-pyrrole nitrogens is 2. The van der Waals surface area contributed by atoms with Gasteiger partial charge in [0.15, 0.2) is 4.90 Å². The summed E-state index contributed by atoms with van der Waals surface area (Å²) in [4.78, 5) is 38.2. The molecule has 0 aliphatic rings. The zero-order valence-electron chi connectivity index (χ0n) is 13.5. The highest BCUT2D eigenvalue weighted by molar-refractivity contribution is 7.92. The van der Waals surface area contributed by atoms with Crippen molar-refractivity contribution in [1.29, 1.82) is 0 Å². The second kappa shape index (κ2) is 7.79. The van der Waals surface area contributed by atoms with E-state index in [-0.39, 0.29) is 11.3 Å². The molecule has 0 bridgehead atoms. The molecule has 25 heavy (non-hydrogen) atoms. The fourth-order valence-corrected chi connectivity index (χ4v) is 3.13. The first-order chi connectivity index (χ1) is 11.8. The van der Waals surface area contributed by atoms with Gasteiger partial charge in [0.2, 0.25) is 0 Å². The van der Waals surface area contributed by atoms with Crippen LogP contribution in [0.3, 0.4) is 0 Å². The van der Waals surface area contributed by atoms with E-state index in [1.807, 2.05) is 11.9 Å². The molecule has 0 fully saturated rings. The van der Waals surface area contributed by atoms with Gasteiger partial charge in [0.25, 0.3) is 21.5 Å². The molecule has 2 aromatic rings. The van der Waals surface area contributed by atoms with Crippen molar-refractivity contribution in [1.82, 2.24) is 15.3 Å². The van der Waals surface area contributed by atoms with E-state index in [4.69, 9.17) is 0 Å². The van der Waals surface area contributed by atoms with E-state index < -0.39 is 32.1 Å². The van der Waals surface area contributed by atoms with Crippen molar-refractivity contribution in [3.63, 3.8) is 0 Å². The monoisotopic (exact) mass is 366 g/mol. The predicted molar refractivity (Wildman–Crippen MR) is 92.2 cm³/mol. The van der Waals surface area contributed by atoms with Gasteiger partial charge in [-0.3, -0.25) is 19.3 Å². The minimum Gasteiger partial charge on any atom is -0.352 e. The number of para-hydroxylation sites is 1. The molecule has 10 heteroatoms. The number of aromatic amines is 2. The third kappa shape index (κ3) is 4.57. The molecule has 0 aliphatic heterocycles. The van der Waals surface area contributed by atoms with Crippen molar-refractivity contribution in [3.8, 4) is 0 Å². The largest absolute Gasteiger partial charge is 0.352 e. The molecule has 0 atom stereocenters. The number of hydrogen-bond donors (Lipinski definition) is 4. The van der Waals surface area contributed by atoms with Crippen LogP contribution in [0.2, 0.25) is 0 Å². The van der Waals surface area contributed by atoms with E-state index in [0.717, 1.165) is 19.0 Å². The van der Waals surface area contributed by atoms with E-state index in [0.29, 0.717) is 6.54 Å². The van der Waals surface area contributed by atoms with Gasteiger partial charge in [-0.05, 0) is 18.6 Å². The van der Waals surface area contributed by atoms with Gasteiger partial charge in [-0.1, -0.05) is 25.5 Å². The Morgan fingerprint density at radius 3 is 2.60 bits per heavy atom. The van der Waals surface area contributed by atoms with Crippen LogP contribution in [0.1, 0.15) is 30.1 Å². The lowest BCUT2D eigenvalue weighted by atomic mass is 10.1. The van der Waals surface area contributed by atoms with Crippen LogP contribution in [-0.4, -0.2) is 30.8 Å². The van der Waals surface area contributed by atoms with Gasteiger partial charge < -0.3 is 10.3 Å². The predicted octanol–water partition coefficient (Wildman–Crippen LogP) is 0.394. The molecule has 0 saturated heterocycles. The van der Waals surface area contributed by atoms with Crippen LogP contribution >= 0.6 is 0 Å². The van der Waals surface area contributed by atoms with Crippen LogP contribution < -0.4 is 21.3 Å². The Morgan fingerprint density at radius 2 is 1.92 bits per heavy atom. The maximum absolute atomic E-state index is 12.4. The number of carbonyl (C=O) groups is 1. The minimum atomic E-state index is -4.29. The summed E-state index contributed by atoms with van der Waals surface area (Å²) in [6, 6.07) is 6.03. The number of unbranched alkanes of at least 4 members (excludes halogenated alkanes) is 1. The Hall–Kier alpha value is -2.88. The van der Waals surface area contributed by atoms with E-state index in [1.165, 1.54) is 12.1 Å². The Balaban J connectivity index is 2.32. The Labute approximate surface area is 143 Å². The van der Waals surface area contributed by atoms with Crippen LogP contribution in [0, 0.1) is 0 Å². The molecule has 0 radical (unpaired) electrons. The number of sulfonamides is 1. The fraction of sp³-hybridized carbons (Fsp3) is 0.267. The number of nitrogens with one attached hydrogen (secondary N) is 4. The van der Waals surface area contributed by atoms with E-state index in [9.17, 15) is 22.8 Å².